The summed E-state index contributed by atoms with van der Waals surface area (Å²) in [6.07, 6.45) is 2.70. The van der Waals surface area contributed by atoms with Gasteiger partial charge >= 0.3 is 0 Å². The second kappa shape index (κ2) is 6.36. The van der Waals surface area contributed by atoms with Gasteiger partial charge < -0.3 is 9.80 Å². The van der Waals surface area contributed by atoms with E-state index in [4.69, 9.17) is 0 Å². The number of carbonyl (C=O) groups excluding carboxylic acids is 1. The lowest BCUT2D eigenvalue weighted by atomic mass is 9.92. The molecule has 0 bridgehead atoms. The van der Waals surface area contributed by atoms with Gasteiger partial charge in [0.15, 0.2) is 0 Å². The molecule has 0 aliphatic carbocycles. The second-order valence-electron chi connectivity index (χ2n) is 5.08. The lowest BCUT2D eigenvalue weighted by Gasteiger charge is -2.37. The molecule has 1 aliphatic rings. The first-order valence-electron chi connectivity index (χ1n) is 6.49. The summed E-state index contributed by atoms with van der Waals surface area (Å²) in [5.41, 5.74) is 0. The fourth-order valence-electron chi connectivity index (χ4n) is 2.46. The first-order valence-corrected chi connectivity index (χ1v) is 6.49. The Morgan fingerprint density at radius 1 is 1.25 bits per heavy atom. The van der Waals surface area contributed by atoms with E-state index < -0.39 is 0 Å². The summed E-state index contributed by atoms with van der Waals surface area (Å²) in [5, 5.41) is 0. The molecule has 0 N–H and O–H groups in total. The minimum absolute atomic E-state index is 0.278. The smallest absolute Gasteiger partial charge is 0.137 e. The minimum Gasteiger partial charge on any atom is -0.304 e. The quantitative estimate of drug-likeness (QED) is 0.712. The molecule has 1 unspecified atom stereocenters. The maximum absolute atomic E-state index is 12.1. The van der Waals surface area contributed by atoms with Crippen molar-refractivity contribution in [1.29, 1.82) is 0 Å². The zero-order valence-electron chi connectivity index (χ0n) is 11.2. The van der Waals surface area contributed by atoms with Gasteiger partial charge in [-0.2, -0.15) is 0 Å². The van der Waals surface area contributed by atoms with Crippen molar-refractivity contribution in [1.82, 2.24) is 9.80 Å². The Labute approximate surface area is 99.8 Å². The molecule has 0 radical (unpaired) electrons. The summed E-state index contributed by atoms with van der Waals surface area (Å²) in [7, 11) is 4.28. The third-order valence-electron chi connectivity index (χ3n) is 3.86. The normalized spacial score (nSPS) is 23.9. The van der Waals surface area contributed by atoms with Crippen molar-refractivity contribution in [2.24, 2.45) is 5.92 Å². The monoisotopic (exact) mass is 226 g/mol. The van der Waals surface area contributed by atoms with Gasteiger partial charge in [0, 0.05) is 38.0 Å². The van der Waals surface area contributed by atoms with Crippen molar-refractivity contribution >= 4 is 5.78 Å². The Morgan fingerprint density at radius 3 is 2.44 bits per heavy atom. The number of Topliss-reactive ketones (excluding diaryl/α,β-unsaturated/α-hetero) is 1. The third-order valence-corrected chi connectivity index (χ3v) is 3.86. The van der Waals surface area contributed by atoms with Crippen molar-refractivity contribution in [2.75, 3.05) is 33.7 Å². The Hall–Kier alpha value is -0.410. The van der Waals surface area contributed by atoms with Gasteiger partial charge in [0.2, 0.25) is 0 Å². The Bertz CT molecular complexity index is 226. The van der Waals surface area contributed by atoms with E-state index in [0.717, 1.165) is 38.9 Å². The number of piperazine rings is 1. The molecule has 0 saturated carbocycles. The fourth-order valence-corrected chi connectivity index (χ4v) is 2.46. The van der Waals surface area contributed by atoms with Crippen LogP contribution in [0.1, 0.15) is 33.1 Å². The van der Waals surface area contributed by atoms with Crippen LogP contribution in [0.2, 0.25) is 0 Å². The summed E-state index contributed by atoms with van der Waals surface area (Å²) in [5.74, 6) is 0.734. The van der Waals surface area contributed by atoms with Crippen LogP contribution in [0.5, 0.6) is 0 Å². The van der Waals surface area contributed by atoms with Gasteiger partial charge in [0.25, 0.3) is 0 Å². The van der Waals surface area contributed by atoms with Crippen LogP contribution in [0.25, 0.3) is 0 Å². The van der Waals surface area contributed by atoms with Gasteiger partial charge in [0.1, 0.15) is 5.78 Å². The summed E-state index contributed by atoms with van der Waals surface area (Å²) in [6, 6.07) is 0.423. The molecule has 3 heteroatoms. The maximum atomic E-state index is 12.1. The number of likely N-dealkylation sites (N-methyl/N-ethyl adjacent to an activating group) is 2. The molecule has 1 rings (SSSR count). The molecule has 0 aromatic carbocycles. The average Bonchev–Trinajstić information content (AvgIpc) is 2.25. The van der Waals surface area contributed by atoms with Gasteiger partial charge in [-0.15, -0.1) is 0 Å². The number of hydrogen-bond donors (Lipinski definition) is 0. The highest BCUT2D eigenvalue weighted by atomic mass is 16.1. The van der Waals surface area contributed by atoms with Crippen LogP contribution >= 0.6 is 0 Å². The number of rotatable bonds is 5. The summed E-state index contributed by atoms with van der Waals surface area (Å²) in [6.45, 7) is 7.46. The highest BCUT2D eigenvalue weighted by molar-refractivity contribution is 5.81. The second-order valence-corrected chi connectivity index (χ2v) is 5.08. The van der Waals surface area contributed by atoms with E-state index >= 15 is 0 Å². The minimum atomic E-state index is 0.278. The number of nitrogens with zero attached hydrogens (tertiary/aromatic N) is 2. The molecule has 94 valence electrons. The molecule has 1 fully saturated rings. The van der Waals surface area contributed by atoms with Crippen molar-refractivity contribution in [3.8, 4) is 0 Å². The van der Waals surface area contributed by atoms with Gasteiger partial charge in [0.05, 0.1) is 0 Å². The van der Waals surface area contributed by atoms with E-state index in [2.05, 4.69) is 37.7 Å². The summed E-state index contributed by atoms with van der Waals surface area (Å²) >= 11 is 0. The summed E-state index contributed by atoms with van der Waals surface area (Å²) < 4.78 is 0. The molecular formula is C13H26N2O. The molecular weight excluding hydrogens is 200 g/mol. The molecule has 1 heterocycles. The van der Waals surface area contributed by atoms with Crippen LogP contribution in [-0.2, 0) is 4.79 Å². The average molecular weight is 226 g/mol. The number of hydrogen-bond acceptors (Lipinski definition) is 3. The zero-order chi connectivity index (χ0) is 12.1. The van der Waals surface area contributed by atoms with Gasteiger partial charge in [-0.3, -0.25) is 4.79 Å². The van der Waals surface area contributed by atoms with Crippen molar-refractivity contribution < 1.29 is 4.79 Å². The standard InChI is InChI=1S/C13H26N2O/c1-5-11(6-2)13(16)9-12-10-14(3)7-8-15(12)4/h11-12H,5-10H2,1-4H3. The SMILES string of the molecule is CCC(CC)C(=O)CC1CN(C)CCN1C. The van der Waals surface area contributed by atoms with E-state index in [1.54, 1.807) is 0 Å². The zero-order valence-corrected chi connectivity index (χ0v) is 11.2. The van der Waals surface area contributed by atoms with E-state index in [9.17, 15) is 4.79 Å². The highest BCUT2D eigenvalue weighted by Gasteiger charge is 2.26. The Kier molecular flexibility index (Phi) is 5.42. The third kappa shape index (κ3) is 3.56. The molecule has 16 heavy (non-hydrogen) atoms. The predicted octanol–water partition coefficient (Wildman–Crippen LogP) is 1.63. The van der Waals surface area contributed by atoms with Crippen LogP contribution < -0.4 is 0 Å². The number of carbonyl (C=O) groups is 1. The van der Waals surface area contributed by atoms with Crippen LogP contribution in [0.3, 0.4) is 0 Å². The topological polar surface area (TPSA) is 23.6 Å². The Balaban J connectivity index is 2.48. The molecule has 1 saturated heterocycles. The molecule has 0 aromatic heterocycles. The summed E-state index contributed by atoms with van der Waals surface area (Å²) in [4.78, 5) is 16.7. The molecule has 0 spiro atoms. The van der Waals surface area contributed by atoms with Crippen LogP contribution in [-0.4, -0.2) is 55.4 Å². The van der Waals surface area contributed by atoms with Crippen LogP contribution in [0.4, 0.5) is 0 Å². The Morgan fingerprint density at radius 2 is 1.88 bits per heavy atom. The fraction of sp³-hybridized carbons (Fsp3) is 0.923. The first-order chi connectivity index (χ1) is 7.58. The number of ketones is 1. The molecule has 1 aliphatic heterocycles. The lowest BCUT2D eigenvalue weighted by molar-refractivity contribution is -0.124. The van der Waals surface area contributed by atoms with E-state index in [0.29, 0.717) is 11.8 Å². The van der Waals surface area contributed by atoms with Crippen molar-refractivity contribution in [3.05, 3.63) is 0 Å². The maximum Gasteiger partial charge on any atom is 0.137 e. The van der Waals surface area contributed by atoms with E-state index in [1.165, 1.54) is 0 Å². The van der Waals surface area contributed by atoms with Crippen LogP contribution in [0.15, 0.2) is 0 Å². The van der Waals surface area contributed by atoms with E-state index in [1.807, 2.05) is 0 Å². The molecule has 0 amide bonds. The first kappa shape index (κ1) is 13.7. The molecule has 0 aromatic rings. The van der Waals surface area contributed by atoms with Crippen LogP contribution in [0, 0.1) is 5.92 Å². The van der Waals surface area contributed by atoms with Gasteiger partial charge in [-0.25, -0.2) is 0 Å². The van der Waals surface area contributed by atoms with Crippen molar-refractivity contribution in [2.45, 2.75) is 39.2 Å². The van der Waals surface area contributed by atoms with Crippen molar-refractivity contribution in [3.63, 3.8) is 0 Å². The predicted molar refractivity (Wildman–Crippen MR) is 67.6 cm³/mol. The van der Waals surface area contributed by atoms with Gasteiger partial charge in [-0.1, -0.05) is 13.8 Å². The largest absolute Gasteiger partial charge is 0.304 e. The molecule has 3 nitrogen and oxygen atoms in total. The lowest BCUT2D eigenvalue weighted by Crippen LogP contribution is -2.50. The highest BCUT2D eigenvalue weighted by Crippen LogP contribution is 2.16. The van der Waals surface area contributed by atoms with Gasteiger partial charge in [-0.05, 0) is 26.9 Å². The van der Waals surface area contributed by atoms with E-state index in [-0.39, 0.29) is 5.92 Å². The molecule has 1 atom stereocenters.